The fourth-order valence-electron chi connectivity index (χ4n) is 2.21. The Bertz CT molecular complexity index is 728. The maximum absolute atomic E-state index is 12.5. The molecule has 2 rings (SSSR count). The van der Waals surface area contributed by atoms with Gasteiger partial charge in [-0.05, 0) is 61.1 Å². The van der Waals surface area contributed by atoms with Gasteiger partial charge >= 0.3 is 0 Å². The van der Waals surface area contributed by atoms with Crippen LogP contribution in [0.5, 0.6) is 0 Å². The molecule has 1 aromatic carbocycles. The highest BCUT2D eigenvalue weighted by Crippen LogP contribution is 2.24. The highest BCUT2D eigenvalue weighted by molar-refractivity contribution is 7.89. The van der Waals surface area contributed by atoms with Crippen LogP contribution in [0.2, 0.25) is 5.02 Å². The molecular formula is C15H19ClN2O2S2. The van der Waals surface area contributed by atoms with E-state index in [1.54, 1.807) is 36.5 Å². The van der Waals surface area contributed by atoms with Gasteiger partial charge in [0.1, 0.15) is 0 Å². The predicted molar refractivity (Wildman–Crippen MR) is 92.1 cm³/mol. The zero-order valence-electron chi connectivity index (χ0n) is 12.7. The summed E-state index contributed by atoms with van der Waals surface area (Å²) in [4.78, 5) is 2.22. The van der Waals surface area contributed by atoms with E-state index in [0.29, 0.717) is 17.1 Å². The summed E-state index contributed by atoms with van der Waals surface area (Å²) in [5.41, 5.74) is 1.66. The van der Waals surface area contributed by atoms with E-state index in [4.69, 9.17) is 11.6 Å². The van der Waals surface area contributed by atoms with E-state index < -0.39 is 10.0 Å². The van der Waals surface area contributed by atoms with Crippen molar-refractivity contribution in [2.24, 2.45) is 0 Å². The molecule has 1 atom stereocenters. The summed E-state index contributed by atoms with van der Waals surface area (Å²) in [6, 6.07) is 6.89. The number of likely N-dealkylation sites (N-methyl/N-ethyl adjacent to an activating group) is 1. The van der Waals surface area contributed by atoms with E-state index in [1.807, 2.05) is 35.8 Å². The van der Waals surface area contributed by atoms with E-state index in [9.17, 15) is 8.42 Å². The molecule has 0 saturated carbocycles. The van der Waals surface area contributed by atoms with Crippen molar-refractivity contribution in [1.82, 2.24) is 9.62 Å². The van der Waals surface area contributed by atoms with Crippen LogP contribution in [0.1, 0.15) is 17.2 Å². The Morgan fingerprint density at radius 1 is 1.32 bits per heavy atom. The normalized spacial score (nSPS) is 13.5. The van der Waals surface area contributed by atoms with Gasteiger partial charge in [-0.3, -0.25) is 0 Å². The highest BCUT2D eigenvalue weighted by Gasteiger charge is 2.21. The van der Waals surface area contributed by atoms with E-state index in [-0.39, 0.29) is 10.9 Å². The summed E-state index contributed by atoms with van der Waals surface area (Å²) in [6.07, 6.45) is 0. The maximum atomic E-state index is 12.5. The molecule has 0 aliphatic carbocycles. The summed E-state index contributed by atoms with van der Waals surface area (Å²) >= 11 is 7.61. The van der Waals surface area contributed by atoms with Crippen molar-refractivity contribution in [2.45, 2.75) is 17.9 Å². The molecule has 1 N–H and O–H groups in total. The van der Waals surface area contributed by atoms with Crippen LogP contribution < -0.4 is 4.72 Å². The molecule has 0 saturated heterocycles. The quantitative estimate of drug-likeness (QED) is 0.862. The Morgan fingerprint density at radius 3 is 2.64 bits per heavy atom. The first-order valence-corrected chi connectivity index (χ1v) is 9.56. The van der Waals surface area contributed by atoms with Crippen molar-refractivity contribution in [2.75, 3.05) is 20.6 Å². The Labute approximate surface area is 140 Å². The van der Waals surface area contributed by atoms with E-state index in [0.717, 1.165) is 5.56 Å². The van der Waals surface area contributed by atoms with Gasteiger partial charge in [0.25, 0.3) is 0 Å². The average Bonchev–Trinajstić information content (AvgIpc) is 2.95. The molecule has 120 valence electrons. The first kappa shape index (κ1) is 17.4. The minimum absolute atomic E-state index is 0.0134. The van der Waals surface area contributed by atoms with Crippen LogP contribution in [0.4, 0.5) is 0 Å². The van der Waals surface area contributed by atoms with Gasteiger partial charge in [0.05, 0.1) is 4.90 Å². The largest absolute Gasteiger partial charge is 0.301 e. The average molecular weight is 359 g/mol. The van der Waals surface area contributed by atoms with Gasteiger partial charge in [-0.15, -0.1) is 0 Å². The molecule has 1 unspecified atom stereocenters. The van der Waals surface area contributed by atoms with Crippen molar-refractivity contribution < 1.29 is 8.42 Å². The van der Waals surface area contributed by atoms with Crippen molar-refractivity contribution in [3.8, 4) is 0 Å². The molecule has 22 heavy (non-hydrogen) atoms. The monoisotopic (exact) mass is 358 g/mol. The van der Waals surface area contributed by atoms with Gasteiger partial charge in [-0.2, -0.15) is 11.3 Å². The number of sulfonamides is 1. The van der Waals surface area contributed by atoms with Crippen molar-refractivity contribution in [1.29, 1.82) is 0 Å². The first-order valence-electron chi connectivity index (χ1n) is 6.76. The maximum Gasteiger partial charge on any atom is 0.240 e. The molecule has 0 fully saturated rings. The van der Waals surface area contributed by atoms with Crippen LogP contribution in [0.3, 0.4) is 0 Å². The number of benzene rings is 1. The summed E-state index contributed by atoms with van der Waals surface area (Å²) in [7, 11) is 0.273. The van der Waals surface area contributed by atoms with Gasteiger partial charge in [0, 0.05) is 17.6 Å². The zero-order chi connectivity index (χ0) is 16.3. The van der Waals surface area contributed by atoms with Gasteiger partial charge in [0.15, 0.2) is 0 Å². The molecule has 0 radical (unpaired) electrons. The standard InChI is InChI=1S/C15H19ClN2O2S2/c1-11-13(16)5-4-6-15(11)22(19,20)17-9-14(18(2)3)12-7-8-21-10-12/h4-8,10,14,17H,9H2,1-3H3. The number of rotatable bonds is 6. The van der Waals surface area contributed by atoms with Crippen molar-refractivity contribution in [3.05, 3.63) is 51.2 Å². The molecule has 0 amide bonds. The van der Waals surface area contributed by atoms with E-state index >= 15 is 0 Å². The molecule has 2 aromatic rings. The smallest absolute Gasteiger partial charge is 0.240 e. The van der Waals surface area contributed by atoms with Crippen molar-refractivity contribution >= 4 is 33.0 Å². The number of halogens is 1. The molecule has 0 aliphatic heterocycles. The topological polar surface area (TPSA) is 49.4 Å². The Kier molecular flexibility index (Phi) is 5.63. The minimum Gasteiger partial charge on any atom is -0.301 e. The van der Waals surface area contributed by atoms with Crippen LogP contribution >= 0.6 is 22.9 Å². The molecule has 1 heterocycles. The lowest BCUT2D eigenvalue weighted by molar-refractivity contribution is 0.300. The summed E-state index contributed by atoms with van der Waals surface area (Å²) in [5.74, 6) is 0. The number of hydrogen-bond acceptors (Lipinski definition) is 4. The molecule has 7 heteroatoms. The first-order chi connectivity index (χ1) is 10.3. The molecule has 1 aromatic heterocycles. The van der Waals surface area contributed by atoms with Gasteiger partial charge in [-0.1, -0.05) is 17.7 Å². The molecule has 0 bridgehead atoms. The minimum atomic E-state index is -3.59. The molecule has 0 spiro atoms. The third kappa shape index (κ3) is 3.88. The van der Waals surface area contributed by atoms with Crippen LogP contribution in [-0.2, 0) is 10.0 Å². The van der Waals surface area contributed by atoms with Gasteiger partial charge < -0.3 is 4.90 Å². The zero-order valence-corrected chi connectivity index (χ0v) is 15.1. The third-order valence-electron chi connectivity index (χ3n) is 3.53. The second-order valence-corrected chi connectivity index (χ2v) is 8.17. The van der Waals surface area contributed by atoms with Crippen LogP contribution in [0, 0.1) is 6.92 Å². The number of nitrogens with one attached hydrogen (secondary N) is 1. The number of hydrogen-bond donors (Lipinski definition) is 1. The second kappa shape index (κ2) is 7.10. The van der Waals surface area contributed by atoms with Crippen LogP contribution in [-0.4, -0.2) is 34.0 Å². The van der Waals surface area contributed by atoms with E-state index in [1.165, 1.54) is 0 Å². The summed E-state index contributed by atoms with van der Waals surface area (Å²) < 4.78 is 27.7. The number of nitrogens with zero attached hydrogens (tertiary/aromatic N) is 1. The van der Waals surface area contributed by atoms with E-state index in [2.05, 4.69) is 4.72 Å². The van der Waals surface area contributed by atoms with Gasteiger partial charge in [-0.25, -0.2) is 13.1 Å². The van der Waals surface area contributed by atoms with Crippen molar-refractivity contribution in [3.63, 3.8) is 0 Å². The highest BCUT2D eigenvalue weighted by atomic mass is 35.5. The lowest BCUT2D eigenvalue weighted by Crippen LogP contribution is -2.34. The van der Waals surface area contributed by atoms with Crippen LogP contribution in [0.15, 0.2) is 39.9 Å². The fraction of sp³-hybridized carbons (Fsp3) is 0.333. The molecule has 4 nitrogen and oxygen atoms in total. The fourth-order valence-corrected chi connectivity index (χ4v) is 4.45. The molecular weight excluding hydrogens is 340 g/mol. The third-order valence-corrected chi connectivity index (χ3v) is 6.20. The molecule has 0 aliphatic rings. The number of thiophene rings is 1. The van der Waals surface area contributed by atoms with Gasteiger partial charge in [0.2, 0.25) is 10.0 Å². The summed E-state index contributed by atoms with van der Waals surface area (Å²) in [5, 5.41) is 4.47. The SMILES string of the molecule is Cc1c(Cl)cccc1S(=O)(=O)NCC(c1ccsc1)N(C)C. The Balaban J connectivity index is 2.20. The lowest BCUT2D eigenvalue weighted by atomic mass is 10.1. The Hall–Kier alpha value is -0.920. The second-order valence-electron chi connectivity index (χ2n) is 5.25. The predicted octanol–water partition coefficient (Wildman–Crippen LogP) is 3.29. The lowest BCUT2D eigenvalue weighted by Gasteiger charge is -2.24. The Morgan fingerprint density at radius 2 is 2.05 bits per heavy atom. The van der Waals surface area contributed by atoms with Crippen LogP contribution in [0.25, 0.3) is 0 Å². The summed E-state index contributed by atoms with van der Waals surface area (Å²) in [6.45, 7) is 2.01.